The monoisotopic (exact) mass is 193 g/mol. The van der Waals surface area contributed by atoms with Gasteiger partial charge in [0.15, 0.2) is 0 Å². The summed E-state index contributed by atoms with van der Waals surface area (Å²) < 4.78 is 0. The molecule has 0 bridgehead atoms. The number of hydrogen-bond acceptors (Lipinski definition) is 3. The van der Waals surface area contributed by atoms with Gasteiger partial charge in [-0.25, -0.2) is 0 Å². The molecule has 0 saturated carbocycles. The number of fused-ring (bicyclic) bond motifs is 1. The van der Waals surface area contributed by atoms with Crippen molar-refractivity contribution in [1.82, 2.24) is 4.98 Å². The van der Waals surface area contributed by atoms with Gasteiger partial charge in [0.2, 0.25) is 0 Å². The van der Waals surface area contributed by atoms with Crippen molar-refractivity contribution < 1.29 is 5.11 Å². The van der Waals surface area contributed by atoms with Crippen molar-refractivity contribution in [1.29, 1.82) is 0 Å². The van der Waals surface area contributed by atoms with Gasteiger partial charge >= 0.3 is 0 Å². The first-order valence-corrected chi connectivity index (χ1v) is 4.16. The van der Waals surface area contributed by atoms with Crippen molar-refractivity contribution in [3.63, 3.8) is 0 Å². The van der Waals surface area contributed by atoms with Gasteiger partial charge in [-0.15, -0.1) is 12.6 Å². The lowest BCUT2D eigenvalue weighted by Crippen LogP contribution is -2.04. The summed E-state index contributed by atoms with van der Waals surface area (Å²) in [4.78, 5) is 14.4. The van der Waals surface area contributed by atoms with Crippen molar-refractivity contribution in [2.45, 2.75) is 4.90 Å². The van der Waals surface area contributed by atoms with Gasteiger partial charge in [0.25, 0.3) is 5.56 Å². The molecule has 0 aliphatic carbocycles. The molecule has 1 aromatic carbocycles. The number of pyridine rings is 1. The third-order valence-electron chi connectivity index (χ3n) is 1.86. The predicted octanol–water partition coefficient (Wildman–Crippen LogP) is 1.52. The molecule has 66 valence electrons. The highest BCUT2D eigenvalue weighted by atomic mass is 32.1. The highest BCUT2D eigenvalue weighted by Crippen LogP contribution is 2.22. The van der Waals surface area contributed by atoms with Crippen molar-refractivity contribution in [2.24, 2.45) is 0 Å². The maximum absolute atomic E-state index is 11.3. The van der Waals surface area contributed by atoms with E-state index >= 15 is 0 Å². The molecule has 1 aromatic heterocycles. The van der Waals surface area contributed by atoms with Crippen LogP contribution < -0.4 is 5.56 Å². The maximum Gasteiger partial charge on any atom is 0.256 e. The summed E-state index contributed by atoms with van der Waals surface area (Å²) in [6.07, 6.45) is 1.28. The summed E-state index contributed by atoms with van der Waals surface area (Å²) in [5.41, 5.74) is -0.219. The van der Waals surface area contributed by atoms with Crippen LogP contribution in [0.3, 0.4) is 0 Å². The Morgan fingerprint density at radius 3 is 2.85 bits per heavy atom. The van der Waals surface area contributed by atoms with Crippen LogP contribution in [-0.4, -0.2) is 10.1 Å². The van der Waals surface area contributed by atoms with Gasteiger partial charge in [-0.3, -0.25) is 4.79 Å². The fourth-order valence-electron chi connectivity index (χ4n) is 1.23. The first-order valence-electron chi connectivity index (χ1n) is 3.72. The van der Waals surface area contributed by atoms with E-state index in [0.717, 1.165) is 0 Å². The van der Waals surface area contributed by atoms with Gasteiger partial charge in [0.05, 0.1) is 5.39 Å². The average molecular weight is 193 g/mol. The quantitative estimate of drug-likeness (QED) is 0.556. The Labute approximate surface area is 79.4 Å². The molecule has 1 heterocycles. The summed E-state index contributed by atoms with van der Waals surface area (Å²) >= 11 is 4.11. The van der Waals surface area contributed by atoms with E-state index in [1.165, 1.54) is 6.20 Å². The molecular formula is C9H7NO2S. The molecule has 0 amide bonds. The lowest BCUT2D eigenvalue weighted by Gasteiger charge is -1.99. The number of aromatic hydroxyl groups is 1. The van der Waals surface area contributed by atoms with Gasteiger partial charge in [-0.1, -0.05) is 0 Å². The number of aromatic amines is 1. The van der Waals surface area contributed by atoms with E-state index in [-0.39, 0.29) is 11.3 Å². The van der Waals surface area contributed by atoms with Crippen molar-refractivity contribution in [3.8, 4) is 5.75 Å². The second-order valence-electron chi connectivity index (χ2n) is 2.73. The van der Waals surface area contributed by atoms with Crippen LogP contribution in [0.2, 0.25) is 0 Å². The zero-order valence-corrected chi connectivity index (χ0v) is 7.51. The van der Waals surface area contributed by atoms with E-state index in [4.69, 9.17) is 0 Å². The Hall–Kier alpha value is -1.42. The Balaban J connectivity index is 3.01. The number of thiol groups is 1. The van der Waals surface area contributed by atoms with Crippen LogP contribution in [0.15, 0.2) is 34.1 Å². The molecular weight excluding hydrogens is 186 g/mol. The first-order chi connectivity index (χ1) is 6.18. The fourth-order valence-corrected chi connectivity index (χ4v) is 1.44. The summed E-state index contributed by atoms with van der Waals surface area (Å²) in [6.45, 7) is 0. The molecule has 0 unspecified atom stereocenters. The lowest BCUT2D eigenvalue weighted by atomic mass is 10.1. The molecule has 0 aliphatic heterocycles. The standard InChI is InChI=1S/C9H7NO2S/c11-8-4-10-9(12)7-3-5(13)1-2-6(7)8/h1-4,11,13H,(H,10,12). The summed E-state index contributed by atoms with van der Waals surface area (Å²) in [7, 11) is 0. The smallest absolute Gasteiger partial charge is 0.256 e. The molecule has 0 fully saturated rings. The van der Waals surface area contributed by atoms with Crippen LogP contribution in [-0.2, 0) is 0 Å². The molecule has 0 aliphatic rings. The Kier molecular flexibility index (Phi) is 1.77. The van der Waals surface area contributed by atoms with Crippen LogP contribution in [0.4, 0.5) is 0 Å². The summed E-state index contributed by atoms with van der Waals surface area (Å²) in [5, 5.41) is 10.4. The van der Waals surface area contributed by atoms with E-state index in [1.54, 1.807) is 18.2 Å². The number of benzene rings is 1. The molecule has 2 N–H and O–H groups in total. The molecule has 3 nitrogen and oxygen atoms in total. The number of H-pyrrole nitrogens is 1. The molecule has 2 rings (SSSR count). The van der Waals surface area contributed by atoms with Gasteiger partial charge in [0, 0.05) is 16.5 Å². The minimum atomic E-state index is -0.219. The molecule has 0 atom stereocenters. The molecule has 0 radical (unpaired) electrons. The largest absolute Gasteiger partial charge is 0.506 e. The minimum absolute atomic E-state index is 0.0722. The highest BCUT2D eigenvalue weighted by Gasteiger charge is 2.02. The van der Waals surface area contributed by atoms with Gasteiger partial charge in [-0.2, -0.15) is 0 Å². The van der Waals surface area contributed by atoms with Crippen LogP contribution >= 0.6 is 12.6 Å². The highest BCUT2D eigenvalue weighted by molar-refractivity contribution is 7.80. The second-order valence-corrected chi connectivity index (χ2v) is 3.25. The fraction of sp³-hybridized carbons (Fsp3) is 0. The summed E-state index contributed by atoms with van der Waals surface area (Å²) in [5.74, 6) is 0.0722. The Morgan fingerprint density at radius 2 is 2.08 bits per heavy atom. The Morgan fingerprint density at radius 1 is 1.31 bits per heavy atom. The molecule has 2 aromatic rings. The second kappa shape index (κ2) is 2.81. The van der Waals surface area contributed by atoms with Crippen LogP contribution in [0.25, 0.3) is 10.8 Å². The molecule has 13 heavy (non-hydrogen) atoms. The number of rotatable bonds is 0. The van der Waals surface area contributed by atoms with Crippen molar-refractivity contribution in [2.75, 3.05) is 0 Å². The number of nitrogens with one attached hydrogen (secondary N) is 1. The third-order valence-corrected chi connectivity index (χ3v) is 2.14. The van der Waals surface area contributed by atoms with Crippen LogP contribution in [0.5, 0.6) is 5.75 Å². The van der Waals surface area contributed by atoms with Gasteiger partial charge in [-0.05, 0) is 18.2 Å². The average Bonchev–Trinajstić information content (AvgIpc) is 2.12. The molecule has 0 saturated heterocycles. The number of aromatic nitrogens is 1. The van der Waals surface area contributed by atoms with Crippen LogP contribution in [0, 0.1) is 0 Å². The topological polar surface area (TPSA) is 53.1 Å². The zero-order valence-electron chi connectivity index (χ0n) is 6.61. The van der Waals surface area contributed by atoms with E-state index in [1.807, 2.05) is 0 Å². The van der Waals surface area contributed by atoms with E-state index in [9.17, 15) is 9.90 Å². The van der Waals surface area contributed by atoms with Gasteiger partial charge in [0.1, 0.15) is 5.75 Å². The van der Waals surface area contributed by atoms with E-state index < -0.39 is 0 Å². The van der Waals surface area contributed by atoms with E-state index in [2.05, 4.69) is 17.6 Å². The summed E-state index contributed by atoms with van der Waals surface area (Å²) in [6, 6.07) is 5.02. The van der Waals surface area contributed by atoms with E-state index in [0.29, 0.717) is 15.7 Å². The number of hydrogen-bond donors (Lipinski definition) is 3. The minimum Gasteiger partial charge on any atom is -0.506 e. The maximum atomic E-state index is 11.3. The van der Waals surface area contributed by atoms with Crippen molar-refractivity contribution >= 4 is 23.4 Å². The molecule has 0 spiro atoms. The SMILES string of the molecule is O=c1[nH]cc(O)c2ccc(S)cc12. The van der Waals surface area contributed by atoms with Gasteiger partial charge < -0.3 is 10.1 Å². The first kappa shape index (κ1) is 8.19. The predicted molar refractivity (Wildman–Crippen MR) is 53.5 cm³/mol. The van der Waals surface area contributed by atoms with Crippen LogP contribution in [0.1, 0.15) is 0 Å². The Bertz CT molecular complexity index is 518. The zero-order chi connectivity index (χ0) is 9.42. The lowest BCUT2D eigenvalue weighted by molar-refractivity contribution is 0.479. The normalized spacial score (nSPS) is 10.5. The molecule has 4 heteroatoms. The van der Waals surface area contributed by atoms with Crippen molar-refractivity contribution in [3.05, 3.63) is 34.7 Å². The third kappa shape index (κ3) is 1.29.